The summed E-state index contributed by atoms with van der Waals surface area (Å²) in [5.41, 5.74) is 0.401. The third-order valence-electron chi connectivity index (χ3n) is 2.91. The van der Waals surface area contributed by atoms with Crippen molar-refractivity contribution in [1.82, 2.24) is 0 Å². The van der Waals surface area contributed by atoms with Crippen LogP contribution in [0.15, 0.2) is 30.3 Å². The number of rotatable bonds is 3. The fraction of sp³-hybridized carbons (Fsp3) is 0.133. The van der Waals surface area contributed by atoms with Crippen molar-refractivity contribution in [3.05, 3.63) is 45.6 Å². The molecule has 2 nitrogen and oxygen atoms in total. The van der Waals surface area contributed by atoms with Gasteiger partial charge in [-0.1, -0.05) is 0 Å². The molecule has 0 unspecified atom stereocenters. The lowest BCUT2D eigenvalue weighted by atomic mass is 10.2. The minimum absolute atomic E-state index is 0.401. The van der Waals surface area contributed by atoms with Gasteiger partial charge in [0.15, 0.2) is 0 Å². The van der Waals surface area contributed by atoms with Gasteiger partial charge in [-0.25, -0.2) is 4.79 Å². The van der Waals surface area contributed by atoms with Crippen LogP contribution in [0.5, 0.6) is 0 Å². The molecule has 3 aromatic heterocycles. The van der Waals surface area contributed by atoms with E-state index in [-0.39, 0.29) is 0 Å². The molecule has 102 valence electrons. The average Bonchev–Trinajstić information content (AvgIpc) is 3.06. The van der Waals surface area contributed by atoms with Gasteiger partial charge in [-0.15, -0.1) is 34.0 Å². The minimum atomic E-state index is -0.859. The molecule has 0 fully saturated rings. The summed E-state index contributed by atoms with van der Waals surface area (Å²) >= 11 is 4.89. The molecular formula is C15H12O2S3. The normalized spacial score (nSPS) is 10.9. The largest absolute Gasteiger partial charge is 0.478 e. The molecule has 3 heterocycles. The molecule has 0 aliphatic heterocycles. The van der Waals surface area contributed by atoms with Crippen LogP contribution in [-0.4, -0.2) is 11.1 Å². The van der Waals surface area contributed by atoms with E-state index in [9.17, 15) is 9.90 Å². The van der Waals surface area contributed by atoms with Crippen LogP contribution in [0.25, 0.3) is 19.5 Å². The van der Waals surface area contributed by atoms with Gasteiger partial charge in [0.1, 0.15) is 0 Å². The lowest BCUT2D eigenvalue weighted by Gasteiger charge is -1.94. The highest BCUT2D eigenvalue weighted by atomic mass is 32.1. The molecule has 0 aromatic carbocycles. The topological polar surface area (TPSA) is 37.3 Å². The first-order chi connectivity index (χ1) is 9.54. The SMILES string of the molecule is Cc1ccc(-c2cc(C(=O)O)c(-c3ccc(C)s3)s2)s1. The Balaban J connectivity index is 2.14. The van der Waals surface area contributed by atoms with E-state index in [1.165, 1.54) is 9.75 Å². The summed E-state index contributed by atoms with van der Waals surface area (Å²) in [5, 5.41) is 9.41. The molecular weight excluding hydrogens is 308 g/mol. The molecule has 0 saturated carbocycles. The second kappa shape index (κ2) is 5.16. The molecule has 0 spiro atoms. The predicted octanol–water partition coefficient (Wildman–Crippen LogP) is 5.52. The van der Waals surface area contributed by atoms with Crippen molar-refractivity contribution in [1.29, 1.82) is 0 Å². The number of thiophene rings is 3. The zero-order chi connectivity index (χ0) is 14.3. The summed E-state index contributed by atoms with van der Waals surface area (Å²) in [6.45, 7) is 4.09. The fourth-order valence-electron chi connectivity index (χ4n) is 1.98. The molecule has 0 radical (unpaired) electrons. The standard InChI is InChI=1S/C15H12O2S3/c1-8-3-5-11(18-8)13-7-10(15(16)17)14(20-13)12-6-4-9(2)19-12/h3-7H,1-2H3,(H,16,17). The van der Waals surface area contributed by atoms with E-state index >= 15 is 0 Å². The first-order valence-electron chi connectivity index (χ1n) is 6.05. The Bertz CT molecular complexity index is 777. The zero-order valence-corrected chi connectivity index (χ0v) is 13.4. The Morgan fingerprint density at radius 1 is 0.900 bits per heavy atom. The van der Waals surface area contributed by atoms with Gasteiger partial charge in [0.05, 0.1) is 10.4 Å². The lowest BCUT2D eigenvalue weighted by molar-refractivity contribution is 0.0698. The third kappa shape index (κ3) is 2.44. The first kappa shape index (κ1) is 13.5. The summed E-state index contributed by atoms with van der Waals surface area (Å²) in [6.07, 6.45) is 0. The maximum Gasteiger partial charge on any atom is 0.337 e. The summed E-state index contributed by atoms with van der Waals surface area (Å²) in [7, 11) is 0. The average molecular weight is 320 g/mol. The maximum absolute atomic E-state index is 11.5. The Labute approximate surface area is 129 Å². The third-order valence-corrected chi connectivity index (χ3v) is 6.42. The van der Waals surface area contributed by atoms with Crippen LogP contribution >= 0.6 is 34.0 Å². The van der Waals surface area contributed by atoms with Crippen LogP contribution in [0.1, 0.15) is 20.1 Å². The van der Waals surface area contributed by atoms with Crippen LogP contribution < -0.4 is 0 Å². The second-order valence-electron chi connectivity index (χ2n) is 4.48. The quantitative estimate of drug-likeness (QED) is 0.690. The number of hydrogen-bond donors (Lipinski definition) is 1. The van der Waals surface area contributed by atoms with Crippen molar-refractivity contribution >= 4 is 40.0 Å². The number of carboxylic acid groups (broad SMARTS) is 1. The number of aromatic carboxylic acids is 1. The van der Waals surface area contributed by atoms with Crippen molar-refractivity contribution in [2.75, 3.05) is 0 Å². The highest BCUT2D eigenvalue weighted by Gasteiger charge is 2.19. The van der Waals surface area contributed by atoms with Crippen LogP contribution in [0.3, 0.4) is 0 Å². The van der Waals surface area contributed by atoms with Crippen molar-refractivity contribution in [3.8, 4) is 19.5 Å². The highest BCUT2D eigenvalue weighted by molar-refractivity contribution is 7.26. The fourth-order valence-corrected chi connectivity index (χ4v) is 5.07. The van der Waals surface area contributed by atoms with Gasteiger partial charge in [0, 0.05) is 24.4 Å². The van der Waals surface area contributed by atoms with Crippen molar-refractivity contribution in [3.63, 3.8) is 0 Å². The molecule has 5 heteroatoms. The van der Waals surface area contributed by atoms with Gasteiger partial charge in [0.25, 0.3) is 0 Å². The van der Waals surface area contributed by atoms with Crippen LogP contribution in [0.2, 0.25) is 0 Å². The molecule has 0 aliphatic rings. The second-order valence-corrected chi connectivity index (χ2v) is 8.11. The van der Waals surface area contributed by atoms with Gasteiger partial charge in [-0.05, 0) is 44.2 Å². The van der Waals surface area contributed by atoms with Crippen LogP contribution in [-0.2, 0) is 0 Å². The number of aryl methyl sites for hydroxylation is 2. The summed E-state index contributed by atoms with van der Waals surface area (Å²) in [5.74, 6) is -0.859. The minimum Gasteiger partial charge on any atom is -0.478 e. The Hall–Kier alpha value is -1.43. The van der Waals surface area contributed by atoms with Crippen molar-refractivity contribution < 1.29 is 9.90 Å². The molecule has 0 aliphatic carbocycles. The molecule has 0 bridgehead atoms. The number of hydrogen-bond acceptors (Lipinski definition) is 4. The van der Waals surface area contributed by atoms with Crippen molar-refractivity contribution in [2.45, 2.75) is 13.8 Å². The molecule has 0 amide bonds. The van der Waals surface area contributed by atoms with E-state index in [0.717, 1.165) is 19.5 Å². The van der Waals surface area contributed by atoms with Gasteiger partial charge in [0.2, 0.25) is 0 Å². The monoisotopic (exact) mass is 320 g/mol. The van der Waals surface area contributed by atoms with Gasteiger partial charge in [-0.2, -0.15) is 0 Å². The van der Waals surface area contributed by atoms with E-state index < -0.39 is 5.97 Å². The Morgan fingerprint density at radius 3 is 2.00 bits per heavy atom. The predicted molar refractivity (Wildman–Crippen MR) is 87.4 cm³/mol. The molecule has 3 rings (SSSR count). The molecule has 3 aromatic rings. The Kier molecular flexibility index (Phi) is 3.50. The maximum atomic E-state index is 11.5. The van der Waals surface area contributed by atoms with Crippen molar-refractivity contribution in [2.24, 2.45) is 0 Å². The van der Waals surface area contributed by atoms with E-state index in [1.54, 1.807) is 40.1 Å². The summed E-state index contributed by atoms with van der Waals surface area (Å²) in [6, 6.07) is 9.95. The van der Waals surface area contributed by atoms with Crippen LogP contribution in [0, 0.1) is 13.8 Å². The zero-order valence-electron chi connectivity index (χ0n) is 11.0. The highest BCUT2D eigenvalue weighted by Crippen LogP contribution is 2.42. The van der Waals surface area contributed by atoms with Gasteiger partial charge >= 0.3 is 5.97 Å². The van der Waals surface area contributed by atoms with E-state index in [0.29, 0.717) is 5.56 Å². The Morgan fingerprint density at radius 2 is 1.50 bits per heavy atom. The number of carboxylic acids is 1. The van der Waals surface area contributed by atoms with Gasteiger partial charge < -0.3 is 5.11 Å². The molecule has 1 N–H and O–H groups in total. The summed E-state index contributed by atoms with van der Waals surface area (Å²) in [4.78, 5) is 17.9. The van der Waals surface area contributed by atoms with E-state index in [1.807, 2.05) is 19.1 Å². The van der Waals surface area contributed by atoms with Crippen LogP contribution in [0.4, 0.5) is 0 Å². The summed E-state index contributed by atoms with van der Waals surface area (Å²) < 4.78 is 0. The number of carbonyl (C=O) groups is 1. The smallest absolute Gasteiger partial charge is 0.337 e. The van der Waals surface area contributed by atoms with E-state index in [2.05, 4.69) is 19.1 Å². The first-order valence-corrected chi connectivity index (χ1v) is 8.50. The molecule has 0 atom stereocenters. The lowest BCUT2D eigenvalue weighted by Crippen LogP contribution is -1.94. The van der Waals surface area contributed by atoms with E-state index in [4.69, 9.17) is 0 Å². The molecule has 20 heavy (non-hydrogen) atoms. The van der Waals surface area contributed by atoms with Gasteiger partial charge in [-0.3, -0.25) is 0 Å². The molecule has 0 saturated heterocycles.